The number of hydrogen-bond donors (Lipinski definition) is 2. The SMILES string of the molecule is CCNC(=O)CNC(=O)/C=C/c1cc(C)n(C2CC2)c1C. The third-order valence-electron chi connectivity index (χ3n) is 3.65. The zero-order valence-corrected chi connectivity index (χ0v) is 12.9. The maximum Gasteiger partial charge on any atom is 0.244 e. The molecule has 2 N–H and O–H groups in total. The molecule has 0 unspecified atom stereocenters. The van der Waals surface area contributed by atoms with Crippen molar-refractivity contribution in [3.8, 4) is 0 Å². The maximum absolute atomic E-state index is 11.7. The molecule has 2 rings (SSSR count). The van der Waals surface area contributed by atoms with Gasteiger partial charge in [-0.2, -0.15) is 0 Å². The highest BCUT2D eigenvalue weighted by atomic mass is 16.2. The van der Waals surface area contributed by atoms with Gasteiger partial charge >= 0.3 is 0 Å². The summed E-state index contributed by atoms with van der Waals surface area (Å²) >= 11 is 0. The quantitative estimate of drug-likeness (QED) is 0.783. The summed E-state index contributed by atoms with van der Waals surface area (Å²) in [7, 11) is 0. The van der Waals surface area contributed by atoms with E-state index in [1.165, 1.54) is 30.3 Å². The van der Waals surface area contributed by atoms with E-state index in [4.69, 9.17) is 0 Å². The molecule has 0 aliphatic heterocycles. The Hall–Kier alpha value is -2.04. The Balaban J connectivity index is 1.93. The fourth-order valence-electron chi connectivity index (χ4n) is 2.52. The van der Waals surface area contributed by atoms with Crippen molar-refractivity contribution in [3.05, 3.63) is 29.1 Å². The number of nitrogens with one attached hydrogen (secondary N) is 2. The molecule has 114 valence electrons. The highest BCUT2D eigenvalue weighted by Crippen LogP contribution is 2.38. The van der Waals surface area contributed by atoms with Crippen molar-refractivity contribution in [2.75, 3.05) is 13.1 Å². The third-order valence-corrected chi connectivity index (χ3v) is 3.65. The fraction of sp³-hybridized carbons (Fsp3) is 0.500. The molecule has 1 aromatic rings. The number of rotatable bonds is 6. The first-order chi connectivity index (χ1) is 10.0. The minimum atomic E-state index is -0.252. The van der Waals surface area contributed by atoms with Crippen LogP contribution in [-0.4, -0.2) is 29.5 Å². The van der Waals surface area contributed by atoms with E-state index in [0.717, 1.165) is 5.56 Å². The Bertz CT molecular complexity index is 568. The number of hydrogen-bond acceptors (Lipinski definition) is 2. The minimum absolute atomic E-state index is 0.0120. The minimum Gasteiger partial charge on any atom is -0.355 e. The van der Waals surface area contributed by atoms with Crippen molar-refractivity contribution in [1.29, 1.82) is 0 Å². The van der Waals surface area contributed by atoms with E-state index in [2.05, 4.69) is 35.1 Å². The van der Waals surface area contributed by atoms with Crippen LogP contribution >= 0.6 is 0 Å². The summed E-state index contributed by atoms with van der Waals surface area (Å²) in [6.07, 6.45) is 5.78. The number of likely N-dealkylation sites (N-methyl/N-ethyl adjacent to an activating group) is 1. The van der Waals surface area contributed by atoms with Gasteiger partial charge in [0.2, 0.25) is 11.8 Å². The van der Waals surface area contributed by atoms with Gasteiger partial charge in [-0.15, -0.1) is 0 Å². The maximum atomic E-state index is 11.7. The summed E-state index contributed by atoms with van der Waals surface area (Å²) in [5.41, 5.74) is 3.49. The van der Waals surface area contributed by atoms with Crippen molar-refractivity contribution in [3.63, 3.8) is 0 Å². The van der Waals surface area contributed by atoms with Crippen LogP contribution in [0.15, 0.2) is 12.1 Å². The lowest BCUT2D eigenvalue weighted by molar-refractivity contribution is -0.123. The van der Waals surface area contributed by atoms with Gasteiger partial charge in [0, 0.05) is 30.1 Å². The molecule has 1 aliphatic rings. The molecular weight excluding hydrogens is 266 g/mol. The lowest BCUT2D eigenvalue weighted by Gasteiger charge is -2.06. The first-order valence-corrected chi connectivity index (χ1v) is 7.44. The monoisotopic (exact) mass is 289 g/mol. The molecule has 0 bridgehead atoms. The number of carbonyl (C=O) groups excluding carboxylic acids is 2. The Labute approximate surface area is 125 Å². The van der Waals surface area contributed by atoms with E-state index < -0.39 is 0 Å². The van der Waals surface area contributed by atoms with Gasteiger partial charge < -0.3 is 15.2 Å². The normalized spacial score (nSPS) is 14.4. The Kier molecular flexibility index (Phi) is 4.83. The molecule has 1 aromatic heterocycles. The number of carbonyl (C=O) groups is 2. The van der Waals surface area contributed by atoms with Gasteiger partial charge in [0.15, 0.2) is 0 Å². The smallest absolute Gasteiger partial charge is 0.244 e. The predicted molar refractivity (Wildman–Crippen MR) is 82.9 cm³/mol. The molecule has 5 heteroatoms. The summed E-state index contributed by atoms with van der Waals surface area (Å²) in [5, 5.41) is 5.20. The van der Waals surface area contributed by atoms with Crippen LogP contribution in [0.25, 0.3) is 6.08 Å². The number of nitrogens with zero attached hydrogens (tertiary/aromatic N) is 1. The molecule has 2 amide bonds. The zero-order valence-electron chi connectivity index (χ0n) is 12.9. The van der Waals surface area contributed by atoms with E-state index in [1.807, 2.05) is 13.0 Å². The van der Waals surface area contributed by atoms with Gasteiger partial charge in [-0.25, -0.2) is 0 Å². The fourth-order valence-corrected chi connectivity index (χ4v) is 2.52. The average molecular weight is 289 g/mol. The van der Waals surface area contributed by atoms with E-state index in [-0.39, 0.29) is 18.4 Å². The molecule has 1 saturated carbocycles. The van der Waals surface area contributed by atoms with Gasteiger partial charge in [-0.1, -0.05) is 0 Å². The number of aryl methyl sites for hydroxylation is 1. The van der Waals surface area contributed by atoms with Gasteiger partial charge in [0.1, 0.15) is 0 Å². The van der Waals surface area contributed by atoms with Gasteiger partial charge in [0.25, 0.3) is 0 Å². The largest absolute Gasteiger partial charge is 0.355 e. The van der Waals surface area contributed by atoms with Crippen LogP contribution in [0.3, 0.4) is 0 Å². The molecule has 1 fully saturated rings. The second kappa shape index (κ2) is 6.61. The van der Waals surface area contributed by atoms with Crippen LogP contribution in [0.4, 0.5) is 0 Å². The first-order valence-electron chi connectivity index (χ1n) is 7.44. The van der Waals surface area contributed by atoms with Gasteiger partial charge in [0.05, 0.1) is 6.54 Å². The lowest BCUT2D eigenvalue weighted by Crippen LogP contribution is -2.35. The summed E-state index contributed by atoms with van der Waals surface area (Å²) in [5.74, 6) is -0.427. The summed E-state index contributed by atoms with van der Waals surface area (Å²) in [4.78, 5) is 22.9. The van der Waals surface area contributed by atoms with Gasteiger partial charge in [-0.3, -0.25) is 9.59 Å². The molecular formula is C16H23N3O2. The van der Waals surface area contributed by atoms with Crippen LogP contribution in [0, 0.1) is 13.8 Å². The summed E-state index contributed by atoms with van der Waals surface area (Å²) < 4.78 is 2.34. The predicted octanol–water partition coefficient (Wildman–Crippen LogP) is 1.71. The molecule has 5 nitrogen and oxygen atoms in total. The molecule has 0 atom stereocenters. The van der Waals surface area contributed by atoms with Crippen molar-refractivity contribution >= 4 is 17.9 Å². The molecule has 1 heterocycles. The van der Waals surface area contributed by atoms with Crippen LogP contribution in [0.2, 0.25) is 0 Å². The molecule has 0 saturated heterocycles. The van der Waals surface area contributed by atoms with E-state index in [0.29, 0.717) is 12.6 Å². The summed E-state index contributed by atoms with van der Waals surface area (Å²) in [6, 6.07) is 2.74. The van der Waals surface area contributed by atoms with Crippen molar-refractivity contribution < 1.29 is 9.59 Å². The zero-order chi connectivity index (χ0) is 15.4. The summed E-state index contributed by atoms with van der Waals surface area (Å²) in [6.45, 7) is 6.60. The van der Waals surface area contributed by atoms with Gasteiger partial charge in [-0.05, 0) is 51.3 Å². The molecule has 1 aliphatic carbocycles. The standard InChI is InChI=1S/C16H23N3O2/c1-4-17-16(21)10-18-15(20)8-5-13-9-11(2)19(12(13)3)14-6-7-14/h5,8-9,14H,4,6-7,10H2,1-3H3,(H,17,21)(H,18,20)/b8-5+. The molecule has 21 heavy (non-hydrogen) atoms. The third kappa shape index (κ3) is 3.97. The van der Waals surface area contributed by atoms with Crippen LogP contribution in [-0.2, 0) is 9.59 Å². The Morgan fingerprint density at radius 1 is 1.33 bits per heavy atom. The molecule has 0 spiro atoms. The highest BCUT2D eigenvalue weighted by Gasteiger charge is 2.26. The van der Waals surface area contributed by atoms with E-state index in [9.17, 15) is 9.59 Å². The van der Waals surface area contributed by atoms with E-state index >= 15 is 0 Å². The highest BCUT2D eigenvalue weighted by molar-refractivity contribution is 5.94. The number of amides is 2. The van der Waals surface area contributed by atoms with E-state index in [1.54, 1.807) is 0 Å². The topological polar surface area (TPSA) is 63.1 Å². The van der Waals surface area contributed by atoms with Crippen LogP contribution in [0.5, 0.6) is 0 Å². The van der Waals surface area contributed by atoms with Crippen molar-refractivity contribution in [1.82, 2.24) is 15.2 Å². The second-order valence-corrected chi connectivity index (χ2v) is 5.43. The molecule has 0 radical (unpaired) electrons. The van der Waals surface area contributed by atoms with Crippen LogP contribution in [0.1, 0.15) is 42.8 Å². The molecule has 0 aromatic carbocycles. The van der Waals surface area contributed by atoms with Crippen molar-refractivity contribution in [2.45, 2.75) is 39.7 Å². The number of aromatic nitrogens is 1. The second-order valence-electron chi connectivity index (χ2n) is 5.43. The lowest BCUT2D eigenvalue weighted by atomic mass is 10.2. The Morgan fingerprint density at radius 2 is 2.05 bits per heavy atom. The Morgan fingerprint density at radius 3 is 2.67 bits per heavy atom. The van der Waals surface area contributed by atoms with Crippen LogP contribution < -0.4 is 10.6 Å². The average Bonchev–Trinajstić information content (AvgIpc) is 3.22. The van der Waals surface area contributed by atoms with Crippen molar-refractivity contribution in [2.24, 2.45) is 0 Å². The first kappa shape index (κ1) is 15.4.